The molecule has 0 aliphatic carbocycles. The minimum Gasteiger partial charge on any atom is -0.461 e. The molecule has 4 atom stereocenters. The van der Waals surface area contributed by atoms with Gasteiger partial charge in [0.25, 0.3) is 0 Å². The second-order valence-corrected chi connectivity index (χ2v) is 13.1. The van der Waals surface area contributed by atoms with Crippen molar-refractivity contribution in [3.8, 4) is 0 Å². The summed E-state index contributed by atoms with van der Waals surface area (Å²) in [6.07, 6.45) is -1.06. The lowest BCUT2D eigenvalue weighted by Gasteiger charge is -2.30. The fourth-order valence-corrected chi connectivity index (χ4v) is 4.57. The number of thiocarbonyl (C=S) groups is 1. The average Bonchev–Trinajstić information content (AvgIpc) is 3.39. The third-order valence-corrected chi connectivity index (χ3v) is 6.54. The van der Waals surface area contributed by atoms with E-state index in [1.165, 1.54) is 23.6 Å². The zero-order valence-corrected chi connectivity index (χ0v) is 27.8. The van der Waals surface area contributed by atoms with Crippen LogP contribution in [-0.2, 0) is 33.3 Å². The standard InChI is InChI=1S/C14H24N2O5.C14H24N2O4S/c1-9(17)20-10-7-11(12(18)15(5)6)16(8-10)13(19)21-14(2,3)4;1-9(17)19-10-7-11(12(21)15(5)6)16(8-10)13(18)20-14(2,3)4/h2*10-11H,7-8H2,1-6H3/t2*10-,11+/m11/s1. The van der Waals surface area contributed by atoms with Gasteiger partial charge in [-0.25, -0.2) is 9.59 Å². The molecule has 0 aromatic carbocycles. The summed E-state index contributed by atoms with van der Waals surface area (Å²) in [5.74, 6) is -1.00. The van der Waals surface area contributed by atoms with Crippen molar-refractivity contribution in [2.75, 3.05) is 41.3 Å². The summed E-state index contributed by atoms with van der Waals surface area (Å²) >= 11 is 5.38. The van der Waals surface area contributed by atoms with Crippen LogP contribution in [0.5, 0.6) is 0 Å². The molecular formula is C28H48N4O9S. The van der Waals surface area contributed by atoms with Gasteiger partial charge < -0.3 is 28.7 Å². The average molecular weight is 617 g/mol. The smallest absolute Gasteiger partial charge is 0.411 e. The number of nitrogens with zero attached hydrogens (tertiary/aromatic N) is 4. The summed E-state index contributed by atoms with van der Waals surface area (Å²) in [7, 11) is 6.90. The molecule has 13 nitrogen and oxygen atoms in total. The van der Waals surface area contributed by atoms with Gasteiger partial charge in [0.2, 0.25) is 5.91 Å². The van der Waals surface area contributed by atoms with Crippen molar-refractivity contribution in [2.45, 2.75) is 104 Å². The first kappa shape index (κ1) is 36.9. The first-order valence-corrected chi connectivity index (χ1v) is 14.2. The second-order valence-electron chi connectivity index (χ2n) is 12.7. The molecule has 3 amide bonds. The molecule has 0 aromatic heterocycles. The topological polar surface area (TPSA) is 135 Å². The predicted molar refractivity (Wildman–Crippen MR) is 159 cm³/mol. The van der Waals surface area contributed by atoms with Crippen LogP contribution in [0.25, 0.3) is 0 Å². The number of carbonyl (C=O) groups excluding carboxylic acids is 5. The van der Waals surface area contributed by atoms with Gasteiger partial charge in [0.1, 0.15) is 34.4 Å². The molecule has 0 unspecified atom stereocenters. The molecule has 240 valence electrons. The molecule has 2 rings (SSSR count). The highest BCUT2D eigenvalue weighted by atomic mass is 32.1. The predicted octanol–water partition coefficient (Wildman–Crippen LogP) is 2.83. The number of rotatable bonds is 4. The molecule has 0 radical (unpaired) electrons. The van der Waals surface area contributed by atoms with E-state index in [1.807, 2.05) is 34.9 Å². The fourth-order valence-electron chi connectivity index (χ4n) is 4.34. The Kier molecular flexibility index (Phi) is 13.0. The van der Waals surface area contributed by atoms with E-state index in [0.717, 1.165) is 0 Å². The Balaban J connectivity index is 0.000000420. The molecule has 2 aliphatic heterocycles. The van der Waals surface area contributed by atoms with Gasteiger partial charge in [-0.15, -0.1) is 0 Å². The molecule has 2 saturated heterocycles. The van der Waals surface area contributed by atoms with E-state index in [1.54, 1.807) is 44.7 Å². The van der Waals surface area contributed by atoms with Crippen LogP contribution in [0.15, 0.2) is 0 Å². The van der Waals surface area contributed by atoms with E-state index in [4.69, 9.17) is 31.2 Å². The van der Waals surface area contributed by atoms with Gasteiger partial charge in [-0.3, -0.25) is 24.2 Å². The third kappa shape index (κ3) is 12.0. The van der Waals surface area contributed by atoms with Gasteiger partial charge in [0.15, 0.2) is 0 Å². The van der Waals surface area contributed by atoms with Gasteiger partial charge in [-0.05, 0) is 41.5 Å². The summed E-state index contributed by atoms with van der Waals surface area (Å²) in [4.78, 5) is 65.6. The molecule has 0 N–H and O–H groups in total. The number of esters is 2. The summed E-state index contributed by atoms with van der Waals surface area (Å²) in [6, 6.07) is -0.964. The lowest BCUT2D eigenvalue weighted by atomic mass is 10.2. The van der Waals surface area contributed by atoms with E-state index < -0.39 is 41.5 Å². The van der Waals surface area contributed by atoms with Crippen LogP contribution in [0.1, 0.15) is 68.2 Å². The molecular weight excluding hydrogens is 568 g/mol. The first-order valence-electron chi connectivity index (χ1n) is 13.8. The van der Waals surface area contributed by atoms with Crippen molar-refractivity contribution in [3.05, 3.63) is 0 Å². The van der Waals surface area contributed by atoms with Gasteiger partial charge in [-0.2, -0.15) is 0 Å². The van der Waals surface area contributed by atoms with Crippen molar-refractivity contribution in [1.29, 1.82) is 0 Å². The number of likely N-dealkylation sites (N-methyl/N-ethyl adjacent to an activating group) is 2. The molecule has 2 aliphatic rings. The Labute approximate surface area is 254 Å². The lowest BCUT2D eigenvalue weighted by Crippen LogP contribution is -2.47. The van der Waals surface area contributed by atoms with Gasteiger partial charge >= 0.3 is 24.1 Å². The van der Waals surface area contributed by atoms with Gasteiger partial charge in [0, 0.05) is 54.9 Å². The number of amides is 3. The highest BCUT2D eigenvalue weighted by Gasteiger charge is 2.44. The largest absolute Gasteiger partial charge is 0.461 e. The highest BCUT2D eigenvalue weighted by molar-refractivity contribution is 7.80. The maximum atomic E-state index is 12.3. The molecule has 2 fully saturated rings. The lowest BCUT2D eigenvalue weighted by molar-refractivity contribution is -0.146. The normalized spacial score (nSPS) is 21.9. The van der Waals surface area contributed by atoms with Gasteiger partial charge in [0.05, 0.1) is 19.1 Å². The van der Waals surface area contributed by atoms with Crippen molar-refractivity contribution < 1.29 is 42.9 Å². The first-order chi connectivity index (χ1) is 19.0. The van der Waals surface area contributed by atoms with Crippen molar-refractivity contribution in [2.24, 2.45) is 0 Å². The molecule has 0 bridgehead atoms. The number of hydrogen-bond donors (Lipinski definition) is 0. The number of ether oxygens (including phenoxy) is 4. The SMILES string of the molecule is CC(=O)O[C@@H]1C[C@@H](C(=O)N(C)C)N(C(=O)OC(C)(C)C)C1.CC(=O)O[C@@H]1C[C@@H](C(=S)N(C)C)N(C(=O)OC(C)(C)C)C1. The van der Waals surface area contributed by atoms with Crippen LogP contribution < -0.4 is 0 Å². The Morgan fingerprint density at radius 2 is 1.02 bits per heavy atom. The van der Waals surface area contributed by atoms with Crippen LogP contribution in [0.4, 0.5) is 9.59 Å². The van der Waals surface area contributed by atoms with Crippen molar-refractivity contribution >= 4 is 47.2 Å². The zero-order valence-electron chi connectivity index (χ0n) is 27.0. The molecule has 0 aromatic rings. The molecule has 0 saturated carbocycles. The molecule has 42 heavy (non-hydrogen) atoms. The van der Waals surface area contributed by atoms with Crippen LogP contribution in [0, 0.1) is 0 Å². The van der Waals surface area contributed by atoms with Crippen molar-refractivity contribution in [1.82, 2.24) is 19.6 Å². The van der Waals surface area contributed by atoms with E-state index in [9.17, 15) is 24.0 Å². The number of likely N-dealkylation sites (tertiary alicyclic amines) is 2. The fraction of sp³-hybridized carbons (Fsp3) is 0.786. The maximum absolute atomic E-state index is 12.3. The van der Waals surface area contributed by atoms with Crippen LogP contribution >= 0.6 is 12.2 Å². The summed E-state index contributed by atoms with van der Waals surface area (Å²) in [6.45, 7) is 13.8. The summed E-state index contributed by atoms with van der Waals surface area (Å²) in [5.41, 5.74) is -1.23. The van der Waals surface area contributed by atoms with Crippen molar-refractivity contribution in [3.63, 3.8) is 0 Å². The third-order valence-electron chi connectivity index (χ3n) is 5.90. The maximum Gasteiger partial charge on any atom is 0.411 e. The van der Waals surface area contributed by atoms with E-state index in [-0.39, 0.29) is 37.0 Å². The monoisotopic (exact) mass is 616 g/mol. The minimum atomic E-state index is -0.667. The van der Waals surface area contributed by atoms with E-state index in [2.05, 4.69) is 0 Å². The van der Waals surface area contributed by atoms with Crippen LogP contribution in [0.2, 0.25) is 0 Å². The minimum absolute atomic E-state index is 0.165. The summed E-state index contributed by atoms with van der Waals surface area (Å²) < 4.78 is 21.1. The Morgan fingerprint density at radius 1 is 0.667 bits per heavy atom. The molecule has 0 spiro atoms. The van der Waals surface area contributed by atoms with E-state index in [0.29, 0.717) is 18.0 Å². The Hall–Kier alpha value is -3.16. The second kappa shape index (κ2) is 14.8. The Morgan fingerprint density at radius 3 is 1.33 bits per heavy atom. The van der Waals surface area contributed by atoms with Gasteiger partial charge in [-0.1, -0.05) is 12.2 Å². The zero-order chi connectivity index (χ0) is 32.7. The summed E-state index contributed by atoms with van der Waals surface area (Å²) in [5, 5.41) is 0. The highest BCUT2D eigenvalue weighted by Crippen LogP contribution is 2.26. The van der Waals surface area contributed by atoms with Crippen LogP contribution in [-0.4, -0.2) is 131 Å². The number of carbonyl (C=O) groups is 5. The molecule has 14 heteroatoms. The number of hydrogen-bond acceptors (Lipinski definition) is 10. The molecule has 2 heterocycles. The quantitative estimate of drug-likeness (QED) is 0.262. The Bertz CT molecular complexity index is 940. The van der Waals surface area contributed by atoms with Crippen LogP contribution in [0.3, 0.4) is 0 Å². The van der Waals surface area contributed by atoms with E-state index >= 15 is 0 Å².